The highest BCUT2D eigenvalue weighted by molar-refractivity contribution is 6.10. The third kappa shape index (κ3) is 3.07. The molecule has 0 saturated heterocycles. The molecule has 0 spiro atoms. The molecule has 0 amide bonds. The van der Waals surface area contributed by atoms with Crippen molar-refractivity contribution in [3.8, 4) is 22.4 Å². The molecule has 0 saturated carbocycles. The van der Waals surface area contributed by atoms with Crippen LogP contribution in [0.3, 0.4) is 0 Å². The smallest absolute Gasteiger partial charge is 0.338 e. The van der Waals surface area contributed by atoms with Crippen molar-refractivity contribution >= 4 is 22.6 Å². The van der Waals surface area contributed by atoms with E-state index in [4.69, 9.17) is 0 Å². The Morgan fingerprint density at radius 2 is 1.57 bits per heavy atom. The molecule has 138 valence electrons. The molecule has 0 atom stereocenters. The molecule has 4 aromatic rings. The Kier molecular flexibility index (Phi) is 4.49. The summed E-state index contributed by atoms with van der Waals surface area (Å²) >= 11 is 0. The molecule has 4 nitrogen and oxygen atoms in total. The molecule has 4 rings (SSSR count). The first kappa shape index (κ1) is 17.7. The number of aromatic carboxylic acids is 1. The Morgan fingerprint density at radius 1 is 0.929 bits per heavy atom. The summed E-state index contributed by atoms with van der Waals surface area (Å²) in [6, 6.07) is 21.7. The zero-order chi connectivity index (χ0) is 19.7. The highest BCUT2D eigenvalue weighted by atomic mass is 19.1. The topological polar surface area (TPSA) is 62.2 Å². The number of carbonyl (C=O) groups is 1. The summed E-state index contributed by atoms with van der Waals surface area (Å²) in [5.41, 5.74) is 4.23. The second-order valence-electron chi connectivity index (χ2n) is 6.37. The third-order valence-corrected chi connectivity index (χ3v) is 4.68. The molecular weight excluding hydrogens is 355 g/mol. The molecule has 1 heterocycles. The lowest BCUT2D eigenvalue weighted by atomic mass is 9.98. The number of nitrogens with zero attached hydrogens (tertiary/aromatic N) is 1. The minimum Gasteiger partial charge on any atom is -0.478 e. The van der Waals surface area contributed by atoms with E-state index in [0.29, 0.717) is 16.9 Å². The van der Waals surface area contributed by atoms with Crippen LogP contribution in [0.25, 0.3) is 33.3 Å². The summed E-state index contributed by atoms with van der Waals surface area (Å²) in [6.07, 6.45) is 0. The molecule has 3 aromatic carbocycles. The number of hydrogen-bond acceptors (Lipinski definition) is 3. The van der Waals surface area contributed by atoms with Crippen LogP contribution in [-0.4, -0.2) is 23.1 Å². The second-order valence-corrected chi connectivity index (χ2v) is 6.37. The zero-order valence-electron chi connectivity index (χ0n) is 15.1. The van der Waals surface area contributed by atoms with E-state index in [2.05, 4.69) is 10.3 Å². The average Bonchev–Trinajstić information content (AvgIpc) is 2.73. The van der Waals surface area contributed by atoms with Crippen molar-refractivity contribution in [1.29, 1.82) is 0 Å². The van der Waals surface area contributed by atoms with Gasteiger partial charge in [0.2, 0.25) is 0 Å². The van der Waals surface area contributed by atoms with Gasteiger partial charge in [-0.25, -0.2) is 14.2 Å². The molecule has 5 heteroatoms. The Hall–Kier alpha value is -3.73. The van der Waals surface area contributed by atoms with Crippen molar-refractivity contribution in [2.45, 2.75) is 0 Å². The van der Waals surface area contributed by atoms with Crippen LogP contribution in [-0.2, 0) is 0 Å². The highest BCUT2D eigenvalue weighted by Crippen LogP contribution is 2.35. The lowest BCUT2D eigenvalue weighted by molar-refractivity contribution is 0.0700. The summed E-state index contributed by atoms with van der Waals surface area (Å²) in [5, 5.41) is 13.0. The quantitative estimate of drug-likeness (QED) is 0.500. The standard InChI is InChI=1S/C23H17FN2O2/c1-25-22-20(23(27)28)18-13-17(24)11-12-19(18)26-21(22)16-9-7-15(8-10-16)14-5-3-2-4-6-14/h2-13,25H,1H3,(H,27,28). The Labute approximate surface area is 161 Å². The van der Waals surface area contributed by atoms with Gasteiger partial charge in [-0.1, -0.05) is 54.6 Å². The molecule has 0 bridgehead atoms. The molecule has 2 N–H and O–H groups in total. The van der Waals surface area contributed by atoms with E-state index in [1.165, 1.54) is 18.2 Å². The van der Waals surface area contributed by atoms with Crippen molar-refractivity contribution < 1.29 is 14.3 Å². The first-order chi connectivity index (χ1) is 13.6. The molecule has 0 radical (unpaired) electrons. The van der Waals surface area contributed by atoms with E-state index in [1.807, 2.05) is 54.6 Å². The molecule has 0 fully saturated rings. The predicted molar refractivity (Wildman–Crippen MR) is 109 cm³/mol. The Bertz CT molecular complexity index is 1170. The van der Waals surface area contributed by atoms with Crippen LogP contribution in [0, 0.1) is 5.82 Å². The number of carboxylic acid groups (broad SMARTS) is 1. The summed E-state index contributed by atoms with van der Waals surface area (Å²) < 4.78 is 13.7. The molecule has 0 aliphatic carbocycles. The summed E-state index contributed by atoms with van der Waals surface area (Å²) in [6.45, 7) is 0. The Balaban J connectivity index is 1.91. The van der Waals surface area contributed by atoms with Gasteiger partial charge in [0.25, 0.3) is 0 Å². The van der Waals surface area contributed by atoms with Crippen LogP contribution in [0.5, 0.6) is 0 Å². The molecule has 0 unspecified atom stereocenters. The number of nitrogens with one attached hydrogen (secondary N) is 1. The van der Waals surface area contributed by atoms with Crippen molar-refractivity contribution in [2.24, 2.45) is 0 Å². The summed E-state index contributed by atoms with van der Waals surface area (Å²) in [4.78, 5) is 16.5. The van der Waals surface area contributed by atoms with E-state index in [-0.39, 0.29) is 10.9 Å². The number of fused-ring (bicyclic) bond motifs is 1. The molecule has 1 aromatic heterocycles. The third-order valence-electron chi connectivity index (χ3n) is 4.68. The average molecular weight is 372 g/mol. The maximum absolute atomic E-state index is 13.7. The maximum atomic E-state index is 13.7. The number of anilines is 1. The first-order valence-electron chi connectivity index (χ1n) is 8.78. The lowest BCUT2D eigenvalue weighted by Crippen LogP contribution is -2.07. The number of benzene rings is 3. The monoisotopic (exact) mass is 372 g/mol. The number of aromatic nitrogens is 1. The van der Waals surface area contributed by atoms with Crippen LogP contribution >= 0.6 is 0 Å². The van der Waals surface area contributed by atoms with Gasteiger partial charge in [0.15, 0.2) is 0 Å². The minimum absolute atomic E-state index is 0.00846. The fraction of sp³-hybridized carbons (Fsp3) is 0.0435. The van der Waals surface area contributed by atoms with Crippen molar-refractivity contribution in [3.63, 3.8) is 0 Å². The largest absolute Gasteiger partial charge is 0.478 e. The lowest BCUT2D eigenvalue weighted by Gasteiger charge is -2.15. The number of hydrogen-bond donors (Lipinski definition) is 2. The molecule has 0 aliphatic rings. The normalized spacial score (nSPS) is 10.8. The van der Waals surface area contributed by atoms with Crippen molar-refractivity contribution in [2.75, 3.05) is 12.4 Å². The molecule has 28 heavy (non-hydrogen) atoms. The van der Waals surface area contributed by atoms with Crippen LogP contribution in [0.4, 0.5) is 10.1 Å². The summed E-state index contributed by atoms with van der Waals surface area (Å²) in [5.74, 6) is -1.64. The highest BCUT2D eigenvalue weighted by Gasteiger charge is 2.21. The molecule has 0 aliphatic heterocycles. The number of pyridine rings is 1. The van der Waals surface area contributed by atoms with E-state index < -0.39 is 11.8 Å². The van der Waals surface area contributed by atoms with Gasteiger partial charge in [0.05, 0.1) is 22.5 Å². The fourth-order valence-electron chi connectivity index (χ4n) is 3.36. The van der Waals surface area contributed by atoms with Gasteiger partial charge in [-0.15, -0.1) is 0 Å². The van der Waals surface area contributed by atoms with E-state index >= 15 is 0 Å². The minimum atomic E-state index is -1.13. The fourth-order valence-corrected chi connectivity index (χ4v) is 3.36. The Morgan fingerprint density at radius 3 is 2.21 bits per heavy atom. The maximum Gasteiger partial charge on any atom is 0.338 e. The van der Waals surface area contributed by atoms with Crippen LogP contribution in [0.15, 0.2) is 72.8 Å². The predicted octanol–water partition coefficient (Wildman–Crippen LogP) is 5.45. The summed E-state index contributed by atoms with van der Waals surface area (Å²) in [7, 11) is 1.64. The number of carboxylic acids is 1. The van der Waals surface area contributed by atoms with Crippen LogP contribution < -0.4 is 5.32 Å². The van der Waals surface area contributed by atoms with Gasteiger partial charge < -0.3 is 10.4 Å². The van der Waals surface area contributed by atoms with E-state index in [1.54, 1.807) is 7.05 Å². The van der Waals surface area contributed by atoms with Gasteiger partial charge in [-0.3, -0.25) is 0 Å². The van der Waals surface area contributed by atoms with Crippen LogP contribution in [0.2, 0.25) is 0 Å². The second kappa shape index (κ2) is 7.12. The van der Waals surface area contributed by atoms with Crippen molar-refractivity contribution in [1.82, 2.24) is 4.98 Å². The van der Waals surface area contributed by atoms with Gasteiger partial charge in [-0.05, 0) is 29.3 Å². The van der Waals surface area contributed by atoms with Gasteiger partial charge >= 0.3 is 5.97 Å². The zero-order valence-corrected chi connectivity index (χ0v) is 15.1. The molecular formula is C23H17FN2O2. The first-order valence-corrected chi connectivity index (χ1v) is 8.78. The number of halogens is 1. The van der Waals surface area contributed by atoms with E-state index in [0.717, 1.165) is 16.7 Å². The van der Waals surface area contributed by atoms with Crippen LogP contribution in [0.1, 0.15) is 10.4 Å². The van der Waals surface area contributed by atoms with Gasteiger partial charge in [-0.2, -0.15) is 0 Å². The SMILES string of the molecule is CNc1c(-c2ccc(-c3ccccc3)cc2)nc2ccc(F)cc2c1C(=O)O. The number of rotatable bonds is 4. The van der Waals surface area contributed by atoms with Crippen molar-refractivity contribution in [3.05, 3.63) is 84.2 Å². The van der Waals surface area contributed by atoms with Gasteiger partial charge in [0, 0.05) is 18.0 Å². The van der Waals surface area contributed by atoms with E-state index in [9.17, 15) is 14.3 Å². The van der Waals surface area contributed by atoms with Gasteiger partial charge in [0.1, 0.15) is 5.82 Å².